The molecule has 0 aliphatic carbocycles. The van der Waals surface area contributed by atoms with Gasteiger partial charge in [0, 0.05) is 5.39 Å². The Morgan fingerprint density at radius 2 is 2.42 bits per heavy atom. The van der Waals surface area contributed by atoms with Crippen LogP contribution < -0.4 is 5.32 Å². The Bertz CT molecular complexity index is 384. The number of rotatable bonds is 1. The van der Waals surface area contributed by atoms with Gasteiger partial charge in [-0.15, -0.1) is 22.7 Å². The van der Waals surface area contributed by atoms with Gasteiger partial charge in [-0.3, -0.25) is 0 Å². The lowest BCUT2D eigenvalue weighted by atomic mass is 10.4. The van der Waals surface area contributed by atoms with Crippen LogP contribution in [0.25, 0.3) is 9.40 Å². The monoisotopic (exact) mass is 213 g/mol. The molecule has 0 spiro atoms. The summed E-state index contributed by atoms with van der Waals surface area (Å²) in [4.78, 5) is 0.823. The van der Waals surface area contributed by atoms with E-state index in [1.54, 1.807) is 22.7 Å². The van der Waals surface area contributed by atoms with Crippen LogP contribution in [0.3, 0.4) is 0 Å². The van der Waals surface area contributed by atoms with Gasteiger partial charge in [-0.2, -0.15) is 0 Å². The van der Waals surface area contributed by atoms with Crippen molar-refractivity contribution in [1.82, 2.24) is 0 Å². The fourth-order valence-corrected chi connectivity index (χ4v) is 3.24. The molecule has 2 rings (SSSR count). The van der Waals surface area contributed by atoms with Crippen LogP contribution >= 0.6 is 34.9 Å². The third-order valence-corrected chi connectivity index (χ3v) is 3.67. The third-order valence-electron chi connectivity index (χ3n) is 1.45. The second-order valence-electron chi connectivity index (χ2n) is 2.46. The van der Waals surface area contributed by atoms with Crippen molar-refractivity contribution in [2.45, 2.75) is 6.92 Å². The van der Waals surface area contributed by atoms with Gasteiger partial charge < -0.3 is 5.32 Å². The van der Waals surface area contributed by atoms with E-state index in [-0.39, 0.29) is 0 Å². The zero-order chi connectivity index (χ0) is 8.55. The van der Waals surface area contributed by atoms with Gasteiger partial charge >= 0.3 is 0 Å². The molecule has 0 aliphatic rings. The molecule has 2 aromatic rings. The number of thiophene rings is 2. The summed E-state index contributed by atoms with van der Waals surface area (Å²) < 4.78 is 1.36. The van der Waals surface area contributed by atoms with E-state index in [1.807, 2.05) is 6.92 Å². The minimum atomic E-state index is 0.823. The summed E-state index contributed by atoms with van der Waals surface area (Å²) >= 11 is 8.48. The number of anilines is 1. The SMILES string of the molecule is CC(=S)Nc1cc2ccsc2s1. The quantitative estimate of drug-likeness (QED) is 0.725. The number of fused-ring (bicyclic) bond motifs is 1. The van der Waals surface area contributed by atoms with Gasteiger partial charge in [0.2, 0.25) is 0 Å². The smallest absolute Gasteiger partial charge is 0.0951 e. The van der Waals surface area contributed by atoms with Crippen molar-refractivity contribution >= 4 is 54.3 Å². The molecule has 0 fully saturated rings. The molecule has 1 nitrogen and oxygen atoms in total. The second-order valence-corrected chi connectivity index (χ2v) is 5.29. The summed E-state index contributed by atoms with van der Waals surface area (Å²) in [5.41, 5.74) is 0. The molecule has 0 radical (unpaired) electrons. The topological polar surface area (TPSA) is 12.0 Å². The maximum atomic E-state index is 4.96. The van der Waals surface area contributed by atoms with Crippen LogP contribution in [-0.4, -0.2) is 4.99 Å². The largest absolute Gasteiger partial charge is 0.342 e. The molecular weight excluding hydrogens is 206 g/mol. The molecular formula is C8H7NS3. The molecule has 2 aromatic heterocycles. The Balaban J connectivity index is 2.38. The lowest BCUT2D eigenvalue weighted by molar-refractivity contribution is 1.79. The minimum absolute atomic E-state index is 0.823. The predicted molar refractivity (Wildman–Crippen MR) is 61.6 cm³/mol. The van der Waals surface area contributed by atoms with E-state index >= 15 is 0 Å². The summed E-state index contributed by atoms with van der Waals surface area (Å²) in [6.45, 7) is 1.89. The van der Waals surface area contributed by atoms with Crippen LogP contribution in [0.5, 0.6) is 0 Å². The normalized spacial score (nSPS) is 10.4. The van der Waals surface area contributed by atoms with Crippen molar-refractivity contribution in [3.05, 3.63) is 17.5 Å². The number of thiocarbonyl (C=S) groups is 1. The maximum Gasteiger partial charge on any atom is 0.0951 e. The average Bonchev–Trinajstić information content (AvgIpc) is 2.43. The summed E-state index contributed by atoms with van der Waals surface area (Å²) in [5, 5.41) is 7.70. The van der Waals surface area contributed by atoms with Gasteiger partial charge in [0.1, 0.15) is 0 Å². The van der Waals surface area contributed by atoms with Crippen LogP contribution in [-0.2, 0) is 0 Å². The first-order chi connectivity index (χ1) is 5.75. The van der Waals surface area contributed by atoms with Gasteiger partial charge in [0.05, 0.1) is 14.0 Å². The highest BCUT2D eigenvalue weighted by molar-refractivity contribution is 7.80. The Labute approximate surface area is 84.0 Å². The summed E-state index contributed by atoms with van der Waals surface area (Å²) in [7, 11) is 0. The summed E-state index contributed by atoms with van der Waals surface area (Å²) in [6, 6.07) is 4.26. The lowest BCUT2D eigenvalue weighted by Crippen LogP contribution is -2.00. The van der Waals surface area contributed by atoms with E-state index in [0.29, 0.717) is 0 Å². The Kier molecular flexibility index (Phi) is 2.12. The standard InChI is InChI=1S/C8H7NS3/c1-5(10)9-7-4-6-2-3-11-8(6)12-7/h2-4H,1H3,(H,9,10). The summed E-state index contributed by atoms with van der Waals surface area (Å²) in [5.74, 6) is 0. The second kappa shape index (κ2) is 3.12. The molecule has 0 bridgehead atoms. The molecule has 0 unspecified atom stereocenters. The molecule has 0 aliphatic heterocycles. The molecule has 0 saturated carbocycles. The molecule has 0 aromatic carbocycles. The van der Waals surface area contributed by atoms with E-state index in [4.69, 9.17) is 12.2 Å². The van der Waals surface area contributed by atoms with E-state index in [0.717, 1.165) is 9.99 Å². The van der Waals surface area contributed by atoms with Crippen molar-refractivity contribution in [3.8, 4) is 0 Å². The molecule has 0 atom stereocenters. The number of hydrogen-bond donors (Lipinski definition) is 1. The van der Waals surface area contributed by atoms with Gasteiger partial charge in [0.15, 0.2) is 0 Å². The molecule has 12 heavy (non-hydrogen) atoms. The minimum Gasteiger partial charge on any atom is -0.342 e. The van der Waals surface area contributed by atoms with Crippen molar-refractivity contribution in [3.63, 3.8) is 0 Å². The van der Waals surface area contributed by atoms with Crippen molar-refractivity contribution < 1.29 is 0 Å². The number of nitrogens with one attached hydrogen (secondary N) is 1. The van der Waals surface area contributed by atoms with Crippen LogP contribution in [0.4, 0.5) is 5.00 Å². The fraction of sp³-hybridized carbons (Fsp3) is 0.125. The van der Waals surface area contributed by atoms with Gasteiger partial charge in [-0.05, 0) is 24.4 Å². The Hall–Kier alpha value is -0.450. The summed E-state index contributed by atoms with van der Waals surface area (Å²) in [6.07, 6.45) is 0. The van der Waals surface area contributed by atoms with Gasteiger partial charge in [0.25, 0.3) is 0 Å². The molecule has 62 valence electrons. The highest BCUT2D eigenvalue weighted by Crippen LogP contribution is 2.33. The van der Waals surface area contributed by atoms with E-state index < -0.39 is 0 Å². The van der Waals surface area contributed by atoms with Crippen LogP contribution in [0.1, 0.15) is 6.92 Å². The molecule has 0 amide bonds. The Morgan fingerprint density at radius 1 is 1.58 bits per heavy atom. The Morgan fingerprint density at radius 3 is 3.08 bits per heavy atom. The first-order valence-electron chi connectivity index (χ1n) is 3.50. The van der Waals surface area contributed by atoms with E-state index in [9.17, 15) is 0 Å². The first-order valence-corrected chi connectivity index (χ1v) is 5.61. The highest BCUT2D eigenvalue weighted by Gasteiger charge is 2.01. The lowest BCUT2D eigenvalue weighted by Gasteiger charge is -1.96. The van der Waals surface area contributed by atoms with Crippen LogP contribution in [0.2, 0.25) is 0 Å². The maximum absolute atomic E-state index is 4.96. The van der Waals surface area contributed by atoms with Gasteiger partial charge in [-0.1, -0.05) is 12.2 Å². The highest BCUT2D eigenvalue weighted by atomic mass is 32.2. The van der Waals surface area contributed by atoms with Crippen molar-refractivity contribution in [1.29, 1.82) is 0 Å². The van der Waals surface area contributed by atoms with Crippen LogP contribution in [0.15, 0.2) is 17.5 Å². The molecule has 2 heterocycles. The zero-order valence-electron chi connectivity index (χ0n) is 6.46. The third kappa shape index (κ3) is 1.50. The zero-order valence-corrected chi connectivity index (χ0v) is 8.91. The molecule has 4 heteroatoms. The van der Waals surface area contributed by atoms with Crippen LogP contribution in [0, 0.1) is 0 Å². The number of hydrogen-bond acceptors (Lipinski definition) is 3. The first kappa shape index (κ1) is 8.16. The van der Waals surface area contributed by atoms with Gasteiger partial charge in [-0.25, -0.2) is 0 Å². The molecule has 1 N–H and O–H groups in total. The van der Waals surface area contributed by atoms with Crippen molar-refractivity contribution in [2.24, 2.45) is 0 Å². The van der Waals surface area contributed by atoms with E-state index in [1.165, 1.54) is 9.40 Å². The van der Waals surface area contributed by atoms with Crippen molar-refractivity contribution in [2.75, 3.05) is 5.32 Å². The molecule has 0 saturated heterocycles. The van der Waals surface area contributed by atoms with E-state index in [2.05, 4.69) is 22.8 Å². The average molecular weight is 213 g/mol. The predicted octanol–water partition coefficient (Wildman–Crippen LogP) is 3.72. The fourth-order valence-electron chi connectivity index (χ4n) is 1.00.